The van der Waals surface area contributed by atoms with Gasteiger partial charge in [0.15, 0.2) is 11.5 Å². The lowest BCUT2D eigenvalue weighted by Gasteiger charge is -2.39. The molecular weight excluding hydrogens is 374 g/mol. The number of hydrogen-bond acceptors (Lipinski definition) is 3. The Morgan fingerprint density at radius 1 is 1.18 bits per heavy atom. The highest BCUT2D eigenvalue weighted by Gasteiger charge is 2.35. The SMILES string of the molecule is CCC[C@@H](C)C(=O)N1CCc2cc(OC)c(OC)cc2[C@@H]1c1ccccc1Cl. The lowest BCUT2D eigenvalue weighted by atomic mass is 9.86. The average Bonchev–Trinajstić information content (AvgIpc) is 2.72. The summed E-state index contributed by atoms with van der Waals surface area (Å²) in [5.41, 5.74) is 3.15. The standard InChI is InChI=1S/C23H28ClNO3/c1-5-8-15(2)23(26)25-12-11-16-13-20(27-3)21(28-4)14-18(16)22(25)17-9-6-7-10-19(17)24/h6-7,9-10,13-15,22H,5,8,11-12H2,1-4H3/t15-,22+/m1/s1. The predicted octanol–water partition coefficient (Wildman–Crippen LogP) is 5.27. The number of carbonyl (C=O) groups is 1. The molecule has 0 N–H and O–H groups in total. The van der Waals surface area contributed by atoms with Gasteiger partial charge < -0.3 is 14.4 Å². The summed E-state index contributed by atoms with van der Waals surface area (Å²) in [5.74, 6) is 1.52. The van der Waals surface area contributed by atoms with Crippen molar-refractivity contribution in [2.75, 3.05) is 20.8 Å². The van der Waals surface area contributed by atoms with E-state index in [1.807, 2.05) is 48.2 Å². The molecule has 3 rings (SSSR count). The quantitative estimate of drug-likeness (QED) is 0.662. The molecule has 150 valence electrons. The zero-order chi connectivity index (χ0) is 20.3. The van der Waals surface area contributed by atoms with Gasteiger partial charge in [-0.1, -0.05) is 50.1 Å². The van der Waals surface area contributed by atoms with E-state index in [2.05, 4.69) is 6.92 Å². The van der Waals surface area contributed by atoms with Crippen molar-refractivity contribution in [1.82, 2.24) is 4.90 Å². The van der Waals surface area contributed by atoms with Crippen LogP contribution in [0.2, 0.25) is 5.02 Å². The van der Waals surface area contributed by atoms with Crippen LogP contribution in [0.5, 0.6) is 11.5 Å². The third-order valence-corrected chi connectivity index (χ3v) is 5.84. The first-order valence-corrected chi connectivity index (χ1v) is 10.2. The Morgan fingerprint density at radius 3 is 2.50 bits per heavy atom. The Morgan fingerprint density at radius 2 is 1.86 bits per heavy atom. The molecule has 0 saturated heterocycles. The third kappa shape index (κ3) is 3.83. The second-order valence-electron chi connectivity index (χ2n) is 7.30. The Kier molecular flexibility index (Phi) is 6.50. The minimum atomic E-state index is -0.232. The van der Waals surface area contributed by atoms with E-state index in [9.17, 15) is 4.79 Å². The highest BCUT2D eigenvalue weighted by Crippen LogP contribution is 2.43. The van der Waals surface area contributed by atoms with E-state index in [0.29, 0.717) is 23.1 Å². The number of ether oxygens (including phenoxy) is 2. The number of fused-ring (bicyclic) bond motifs is 1. The van der Waals surface area contributed by atoms with Crippen LogP contribution in [-0.4, -0.2) is 31.6 Å². The summed E-state index contributed by atoms with van der Waals surface area (Å²) in [6.45, 7) is 4.78. The molecule has 0 bridgehead atoms. The van der Waals surface area contributed by atoms with Gasteiger partial charge in [-0.05, 0) is 47.7 Å². The minimum absolute atomic E-state index is 0.0170. The summed E-state index contributed by atoms with van der Waals surface area (Å²) in [4.78, 5) is 15.3. The summed E-state index contributed by atoms with van der Waals surface area (Å²) in [6, 6.07) is 11.5. The van der Waals surface area contributed by atoms with Gasteiger partial charge in [0.25, 0.3) is 0 Å². The van der Waals surface area contributed by atoms with Crippen LogP contribution in [0, 0.1) is 5.92 Å². The second-order valence-corrected chi connectivity index (χ2v) is 7.71. The lowest BCUT2D eigenvalue weighted by molar-refractivity contribution is -0.137. The number of halogens is 1. The summed E-state index contributed by atoms with van der Waals surface area (Å²) in [6.07, 6.45) is 2.64. The van der Waals surface area contributed by atoms with Gasteiger partial charge in [-0.25, -0.2) is 0 Å². The van der Waals surface area contributed by atoms with Crippen LogP contribution >= 0.6 is 11.6 Å². The van der Waals surface area contributed by atoms with Crippen molar-refractivity contribution in [3.63, 3.8) is 0 Å². The smallest absolute Gasteiger partial charge is 0.226 e. The van der Waals surface area contributed by atoms with Crippen LogP contribution in [0.25, 0.3) is 0 Å². The summed E-state index contributed by atoms with van der Waals surface area (Å²) < 4.78 is 11.0. The van der Waals surface area contributed by atoms with Crippen LogP contribution in [0.1, 0.15) is 49.4 Å². The average molecular weight is 402 g/mol. The summed E-state index contributed by atoms with van der Waals surface area (Å²) >= 11 is 6.57. The fourth-order valence-corrected chi connectivity index (χ4v) is 4.29. The Hall–Kier alpha value is -2.20. The first-order valence-electron chi connectivity index (χ1n) is 9.81. The topological polar surface area (TPSA) is 38.8 Å². The van der Waals surface area contributed by atoms with Gasteiger partial charge in [0.2, 0.25) is 5.91 Å². The molecule has 0 spiro atoms. The molecule has 0 saturated carbocycles. The Labute approximate surface area is 172 Å². The molecular formula is C23H28ClNO3. The van der Waals surface area contributed by atoms with Crippen molar-refractivity contribution in [3.05, 3.63) is 58.1 Å². The maximum Gasteiger partial charge on any atom is 0.226 e. The van der Waals surface area contributed by atoms with E-state index >= 15 is 0 Å². The molecule has 0 radical (unpaired) electrons. The molecule has 1 amide bonds. The number of rotatable bonds is 6. The number of benzene rings is 2. The highest BCUT2D eigenvalue weighted by molar-refractivity contribution is 6.31. The van der Waals surface area contributed by atoms with E-state index in [0.717, 1.165) is 36.0 Å². The normalized spacial score (nSPS) is 17.0. The van der Waals surface area contributed by atoms with Crippen LogP contribution in [0.4, 0.5) is 0 Å². The molecule has 0 fully saturated rings. The fourth-order valence-electron chi connectivity index (χ4n) is 4.06. The van der Waals surface area contributed by atoms with Crippen molar-refractivity contribution in [1.29, 1.82) is 0 Å². The van der Waals surface area contributed by atoms with Crippen LogP contribution in [0.3, 0.4) is 0 Å². The number of hydrogen-bond donors (Lipinski definition) is 0. The zero-order valence-electron chi connectivity index (χ0n) is 17.0. The molecule has 1 aliphatic rings. The summed E-state index contributed by atoms with van der Waals surface area (Å²) in [5, 5.41) is 0.663. The highest BCUT2D eigenvalue weighted by atomic mass is 35.5. The molecule has 0 unspecified atom stereocenters. The first kappa shape index (κ1) is 20.5. The maximum absolute atomic E-state index is 13.3. The number of amides is 1. The first-order chi connectivity index (χ1) is 13.5. The van der Waals surface area contributed by atoms with Crippen LogP contribution in [0.15, 0.2) is 36.4 Å². The van der Waals surface area contributed by atoms with E-state index in [1.165, 1.54) is 0 Å². The molecule has 0 aliphatic carbocycles. The van der Waals surface area contributed by atoms with E-state index < -0.39 is 0 Å². The van der Waals surface area contributed by atoms with Crippen LogP contribution < -0.4 is 9.47 Å². The van der Waals surface area contributed by atoms with Crippen molar-refractivity contribution in [2.45, 2.75) is 39.2 Å². The predicted molar refractivity (Wildman–Crippen MR) is 112 cm³/mol. The van der Waals surface area contributed by atoms with Gasteiger partial charge in [-0.3, -0.25) is 4.79 Å². The van der Waals surface area contributed by atoms with E-state index in [4.69, 9.17) is 21.1 Å². The Bertz CT molecular complexity index is 852. The zero-order valence-corrected chi connectivity index (χ0v) is 17.8. The molecule has 0 aromatic heterocycles. The number of carbonyl (C=O) groups excluding carboxylic acids is 1. The van der Waals surface area contributed by atoms with E-state index in [-0.39, 0.29) is 17.9 Å². The number of methoxy groups -OCH3 is 2. The molecule has 1 heterocycles. The molecule has 2 aromatic carbocycles. The molecule has 5 heteroatoms. The third-order valence-electron chi connectivity index (χ3n) is 5.50. The van der Waals surface area contributed by atoms with Gasteiger partial charge in [0.1, 0.15) is 0 Å². The minimum Gasteiger partial charge on any atom is -0.493 e. The van der Waals surface area contributed by atoms with Gasteiger partial charge in [0.05, 0.1) is 20.3 Å². The largest absolute Gasteiger partial charge is 0.493 e. The van der Waals surface area contributed by atoms with Gasteiger partial charge in [-0.2, -0.15) is 0 Å². The summed E-state index contributed by atoms with van der Waals surface area (Å²) in [7, 11) is 3.27. The molecule has 2 atom stereocenters. The molecule has 28 heavy (non-hydrogen) atoms. The number of nitrogens with zero attached hydrogens (tertiary/aromatic N) is 1. The second kappa shape index (κ2) is 8.87. The van der Waals surface area contributed by atoms with Crippen molar-refractivity contribution in [2.24, 2.45) is 5.92 Å². The monoisotopic (exact) mass is 401 g/mol. The fraction of sp³-hybridized carbons (Fsp3) is 0.435. The van der Waals surface area contributed by atoms with Crippen LogP contribution in [-0.2, 0) is 11.2 Å². The van der Waals surface area contributed by atoms with Crippen molar-refractivity contribution >= 4 is 17.5 Å². The molecule has 4 nitrogen and oxygen atoms in total. The van der Waals surface area contributed by atoms with Gasteiger partial charge in [-0.15, -0.1) is 0 Å². The van der Waals surface area contributed by atoms with Gasteiger partial charge >= 0.3 is 0 Å². The lowest BCUT2D eigenvalue weighted by Crippen LogP contribution is -2.43. The van der Waals surface area contributed by atoms with E-state index in [1.54, 1.807) is 14.2 Å². The molecule has 1 aliphatic heterocycles. The maximum atomic E-state index is 13.3. The van der Waals surface area contributed by atoms with Crippen molar-refractivity contribution in [3.8, 4) is 11.5 Å². The molecule has 2 aromatic rings. The Balaban J connectivity index is 2.14. The van der Waals surface area contributed by atoms with Gasteiger partial charge in [0, 0.05) is 17.5 Å². The van der Waals surface area contributed by atoms with Crippen molar-refractivity contribution < 1.29 is 14.3 Å².